The lowest BCUT2D eigenvalue weighted by Gasteiger charge is -2.36. The predicted molar refractivity (Wildman–Crippen MR) is 384 cm³/mol. The summed E-state index contributed by atoms with van der Waals surface area (Å²) in [6.45, 7) is 19.7. The van der Waals surface area contributed by atoms with Crippen LogP contribution in [0, 0.1) is 41.4 Å². The van der Waals surface area contributed by atoms with Gasteiger partial charge in [0.05, 0.1) is 36.8 Å². The lowest BCUT2D eigenvalue weighted by atomic mass is 9.93. The van der Waals surface area contributed by atoms with E-state index in [0.717, 1.165) is 17.5 Å². The van der Waals surface area contributed by atoms with Crippen LogP contribution in [-0.4, -0.2) is 252 Å². The topological polar surface area (TPSA) is 299 Å². The van der Waals surface area contributed by atoms with Crippen LogP contribution in [0.25, 0.3) is 0 Å². The molecule has 0 aliphatic carbocycles. The van der Waals surface area contributed by atoms with Gasteiger partial charge in [0.25, 0.3) is 0 Å². The van der Waals surface area contributed by atoms with E-state index in [1.54, 1.807) is 46.9 Å². The summed E-state index contributed by atoms with van der Waals surface area (Å²) >= 11 is 0. The Morgan fingerprint density at radius 3 is 1.63 bits per heavy atom. The third-order valence-corrected chi connectivity index (χ3v) is 19.3. The van der Waals surface area contributed by atoms with Gasteiger partial charge in [-0.1, -0.05) is 123 Å². The van der Waals surface area contributed by atoms with Crippen molar-refractivity contribution in [3.63, 3.8) is 0 Å². The first kappa shape index (κ1) is 84.5. The summed E-state index contributed by atoms with van der Waals surface area (Å²) in [7, 11) is 10.7. The number of hydrogen-bond acceptors (Lipinski definition) is 13. The van der Waals surface area contributed by atoms with Gasteiger partial charge in [-0.3, -0.25) is 57.5 Å². The number of likely N-dealkylation sites (tertiary alicyclic amines) is 1. The van der Waals surface area contributed by atoms with Crippen molar-refractivity contribution in [2.45, 2.75) is 202 Å². The highest BCUT2D eigenvalue weighted by Crippen LogP contribution is 2.25. The fraction of sp³-hybridized carbons (Fsp3) is 0.680. The second-order valence-corrected chi connectivity index (χ2v) is 29.8. The first-order valence-electron chi connectivity index (χ1n) is 35.9. The Morgan fingerprint density at radius 2 is 1.07 bits per heavy atom. The summed E-state index contributed by atoms with van der Waals surface area (Å²) in [5, 5.41) is 22.4. The molecule has 2 aromatic rings. The maximum Gasteiger partial charge on any atom is 0.245 e. The monoisotopic (exact) mass is 1400 g/mol. The molecule has 0 spiro atoms. The molecule has 0 radical (unpaired) electrons. The van der Waals surface area contributed by atoms with Crippen molar-refractivity contribution in [1.82, 2.24) is 60.5 Å². The first-order chi connectivity index (χ1) is 46.9. The van der Waals surface area contributed by atoms with E-state index in [4.69, 9.17) is 0 Å². The zero-order valence-electron chi connectivity index (χ0n) is 63.1. The van der Waals surface area contributed by atoms with Crippen LogP contribution in [0.1, 0.15) is 151 Å². The van der Waals surface area contributed by atoms with Crippen molar-refractivity contribution >= 4 is 70.9 Å². The average Bonchev–Trinajstić information content (AvgIpc) is 0.836. The number of amides is 12. The van der Waals surface area contributed by atoms with Crippen LogP contribution in [0.5, 0.6) is 0 Å². The second kappa shape index (κ2) is 40.5. The minimum absolute atomic E-state index is 0.0260. The van der Waals surface area contributed by atoms with Crippen molar-refractivity contribution in [1.29, 1.82) is 0 Å². The van der Waals surface area contributed by atoms with Gasteiger partial charge in [0, 0.05) is 107 Å². The minimum atomic E-state index is -1.68. The third kappa shape index (κ3) is 25.9. The molecule has 11 atom stereocenters. The molecule has 558 valence electrons. The number of piperidine rings is 1. The normalized spacial score (nSPS) is 25.6. The van der Waals surface area contributed by atoms with Crippen LogP contribution in [-0.2, 0) is 70.4 Å². The number of aliphatic hydroxyl groups excluding tert-OH is 1. The van der Waals surface area contributed by atoms with E-state index in [1.807, 2.05) is 116 Å². The summed E-state index contributed by atoms with van der Waals surface area (Å²) in [5.41, 5.74) is 1.67. The molecule has 0 saturated carbocycles. The van der Waals surface area contributed by atoms with E-state index < -0.39 is 138 Å². The molecule has 12 amide bonds. The van der Waals surface area contributed by atoms with Crippen LogP contribution in [0.15, 0.2) is 60.7 Å². The Kier molecular flexibility index (Phi) is 34.2. The van der Waals surface area contributed by atoms with Gasteiger partial charge in [-0.25, -0.2) is 0 Å². The Labute approximate surface area is 594 Å². The van der Waals surface area contributed by atoms with Gasteiger partial charge >= 0.3 is 0 Å². The largest absolute Gasteiger partial charge is 0.391 e. The number of nitrogens with one attached hydrogen (secondary N) is 4. The highest BCUT2D eigenvalue weighted by atomic mass is 16.3. The molecule has 0 unspecified atom stereocenters. The summed E-state index contributed by atoms with van der Waals surface area (Å²) in [4.78, 5) is 186. The van der Waals surface area contributed by atoms with E-state index >= 15 is 4.79 Å². The minimum Gasteiger partial charge on any atom is -0.391 e. The Balaban J connectivity index is 1.81. The number of hydrogen-bond donors (Lipinski definition) is 5. The molecule has 2 aromatic carbocycles. The number of likely N-dealkylation sites (N-methyl/N-ethyl adjacent to an activating group) is 4. The molecule has 25 nitrogen and oxygen atoms in total. The number of carbonyl (C=O) groups is 12. The number of carbonyl (C=O) groups excluding carboxylic acids is 12. The van der Waals surface area contributed by atoms with E-state index in [2.05, 4.69) is 21.3 Å². The third-order valence-electron chi connectivity index (χ3n) is 19.3. The summed E-state index contributed by atoms with van der Waals surface area (Å²) in [5.74, 6) is -9.72. The maximum absolute atomic E-state index is 15.1. The molecule has 25 heteroatoms. The van der Waals surface area contributed by atoms with Crippen LogP contribution in [0.2, 0.25) is 0 Å². The predicted octanol–water partition coefficient (Wildman–Crippen LogP) is 4.38. The van der Waals surface area contributed by atoms with Crippen molar-refractivity contribution in [3.8, 4) is 0 Å². The van der Waals surface area contributed by atoms with E-state index in [1.165, 1.54) is 62.4 Å². The van der Waals surface area contributed by atoms with Gasteiger partial charge in [0.15, 0.2) is 0 Å². The molecule has 0 bridgehead atoms. The number of nitrogens with zero attached hydrogens (tertiary/aromatic N) is 8. The molecule has 4 rings (SSSR count). The Hall–Kier alpha value is -7.96. The lowest BCUT2D eigenvalue weighted by Crippen LogP contribution is -2.61. The number of aliphatic hydroxyl groups is 1. The average molecular weight is 1400 g/mol. The Morgan fingerprint density at radius 1 is 0.520 bits per heavy atom. The molecule has 2 fully saturated rings. The fourth-order valence-corrected chi connectivity index (χ4v) is 13.2. The summed E-state index contributed by atoms with van der Waals surface area (Å²) in [6, 6.07) is 10.7. The van der Waals surface area contributed by atoms with Crippen molar-refractivity contribution in [2.24, 2.45) is 41.4 Å². The molecular formula is C75H120N12O13. The molecular weight excluding hydrogens is 1280 g/mol. The second-order valence-electron chi connectivity index (χ2n) is 29.8. The van der Waals surface area contributed by atoms with E-state index in [-0.39, 0.29) is 93.6 Å². The first-order valence-corrected chi connectivity index (χ1v) is 35.9. The van der Waals surface area contributed by atoms with Crippen LogP contribution < -0.4 is 21.3 Å². The number of rotatable bonds is 14. The fourth-order valence-electron chi connectivity index (χ4n) is 13.2. The van der Waals surface area contributed by atoms with E-state index in [0.29, 0.717) is 38.8 Å². The van der Waals surface area contributed by atoms with Crippen molar-refractivity contribution in [2.75, 3.05) is 88.6 Å². The molecule has 2 aliphatic rings. The molecule has 0 aromatic heterocycles. The molecule has 2 heterocycles. The molecule has 5 N–H and O–H groups in total. The SMILES string of the molecule is CC(C)C[C@H]1CC(=O)N(C)[C@@H](CC(C)C)C(=O)N(C)CC(=O)N(C)[C@H](CCc2ccccc2)C(=O)N[C@@H](C)CC(=O)N(C)C[C@@H](Cc2ccccc2)C(=O)N(C)[C@@H](CC(C)C)C(=O)N[C@@H]([C@@H](C)O)C(=O)N[C@H](C(=O)N2CCCCC2)CC(=O)NC[C@H](C(C)C)C(=O)N(C)C[C@@H](C)C(=O)N1C. The van der Waals surface area contributed by atoms with Crippen molar-refractivity contribution in [3.05, 3.63) is 71.8 Å². The van der Waals surface area contributed by atoms with Gasteiger partial charge < -0.3 is 65.6 Å². The number of benzene rings is 2. The number of aryl methyl sites for hydroxylation is 1. The van der Waals surface area contributed by atoms with Crippen LogP contribution >= 0.6 is 0 Å². The van der Waals surface area contributed by atoms with Gasteiger partial charge in [0.2, 0.25) is 70.9 Å². The quantitative estimate of drug-likeness (QED) is 0.176. The highest BCUT2D eigenvalue weighted by molar-refractivity contribution is 5.97. The van der Waals surface area contributed by atoms with Gasteiger partial charge in [-0.2, -0.15) is 0 Å². The van der Waals surface area contributed by atoms with Crippen molar-refractivity contribution < 1.29 is 62.6 Å². The smallest absolute Gasteiger partial charge is 0.245 e. The molecule has 100 heavy (non-hydrogen) atoms. The molecule has 2 saturated heterocycles. The van der Waals surface area contributed by atoms with E-state index in [9.17, 15) is 57.8 Å². The van der Waals surface area contributed by atoms with Crippen LogP contribution in [0.3, 0.4) is 0 Å². The lowest BCUT2D eigenvalue weighted by molar-refractivity contribution is -0.149. The summed E-state index contributed by atoms with van der Waals surface area (Å²) < 4.78 is 0. The zero-order valence-corrected chi connectivity index (χ0v) is 63.1. The zero-order chi connectivity index (χ0) is 75.0. The molecule has 2 aliphatic heterocycles. The van der Waals surface area contributed by atoms with Crippen LogP contribution in [0.4, 0.5) is 0 Å². The van der Waals surface area contributed by atoms with Gasteiger partial charge in [-0.15, -0.1) is 0 Å². The van der Waals surface area contributed by atoms with Gasteiger partial charge in [0.1, 0.15) is 30.2 Å². The highest BCUT2D eigenvalue weighted by Gasteiger charge is 2.41. The Bertz CT molecular complexity index is 3050. The van der Waals surface area contributed by atoms with Gasteiger partial charge in [-0.05, 0) is 106 Å². The summed E-state index contributed by atoms with van der Waals surface area (Å²) in [6.07, 6.45) is 1.25. The maximum atomic E-state index is 15.1. The standard InChI is InChI=1S/C75H120N12O13/c1-47(2)36-57-41-65(91)85(17)62(38-49(5)6)75(100)82(14)46-66(92)84(16)60(33-32-54-28-22-19-23-29-54)68(93)77-52(10)39-64(90)80(12)45-56(40-55-30-24-20-25-31-55)72(97)86(18)61(37-48(3)4)69(94)79-67(53(11)88)70(95)78-59(74(99)87-34-26-21-27-35-87)42-63(89)76-43-58(50(7)8)73(98)81(13)44-51(9)71(96)83(57)15/h19-20,22-25,28-31,47-53,56-62,67,88H,21,26-27,32-46H2,1-18H3,(H,76,89)(H,77,93)(H,78,95)(H,79,94)/t51-,52+,53-,56-,57+,58-,59+,60-,61+,62+,67+/m1/s1.